The number of carbonyl (C=O) groups is 2. The van der Waals surface area contributed by atoms with Gasteiger partial charge in [0.2, 0.25) is 5.91 Å². The number of fused-ring (bicyclic) bond motifs is 2. The molecule has 2 saturated carbocycles. The smallest absolute Gasteiger partial charge is 0.305 e. The number of amides is 1. The van der Waals surface area contributed by atoms with Gasteiger partial charge in [-0.1, -0.05) is 19.3 Å². The van der Waals surface area contributed by atoms with Crippen LogP contribution >= 0.6 is 0 Å². The minimum Gasteiger partial charge on any atom is -0.469 e. The summed E-state index contributed by atoms with van der Waals surface area (Å²) in [4.78, 5) is 23.2. The van der Waals surface area contributed by atoms with Crippen molar-refractivity contribution in [3.63, 3.8) is 0 Å². The monoisotopic (exact) mass is 310 g/mol. The summed E-state index contributed by atoms with van der Waals surface area (Å²) in [5, 5.41) is 3.07. The molecule has 4 unspecified atom stereocenters. The summed E-state index contributed by atoms with van der Waals surface area (Å²) >= 11 is 0. The van der Waals surface area contributed by atoms with Crippen LogP contribution in [0.3, 0.4) is 0 Å². The molecule has 0 aromatic rings. The quantitative estimate of drug-likeness (QED) is 0.504. The molecule has 0 saturated heterocycles. The summed E-state index contributed by atoms with van der Waals surface area (Å²) in [6, 6.07) is 0.0806. The van der Waals surface area contributed by atoms with Gasteiger partial charge in [0.05, 0.1) is 13.0 Å². The van der Waals surface area contributed by atoms with E-state index >= 15 is 0 Å². The summed E-state index contributed by atoms with van der Waals surface area (Å²) in [6.07, 6.45) is 9.16. The van der Waals surface area contributed by atoms with E-state index in [2.05, 4.69) is 10.1 Å². The van der Waals surface area contributed by atoms with Crippen LogP contribution in [0.4, 0.5) is 0 Å². The average Bonchev–Trinajstić information content (AvgIpc) is 3.10. The summed E-state index contributed by atoms with van der Waals surface area (Å²) in [6.45, 7) is 0.746. The van der Waals surface area contributed by atoms with Gasteiger partial charge in [-0.3, -0.25) is 9.59 Å². The van der Waals surface area contributed by atoms with Gasteiger partial charge in [-0.2, -0.15) is 0 Å². The van der Waals surface area contributed by atoms with Crippen LogP contribution in [0.1, 0.15) is 57.8 Å². The van der Waals surface area contributed by atoms with Crippen LogP contribution in [-0.2, 0) is 14.3 Å². The van der Waals surface area contributed by atoms with Crippen molar-refractivity contribution in [3.05, 3.63) is 0 Å². The van der Waals surface area contributed by atoms with E-state index in [0.29, 0.717) is 18.3 Å². The molecular weight excluding hydrogens is 280 g/mol. The predicted molar refractivity (Wildman–Crippen MR) is 85.0 cm³/mol. The molecule has 0 aromatic carbocycles. The number of carbonyl (C=O) groups excluding carboxylic acids is 2. The molecule has 2 fully saturated rings. The zero-order chi connectivity index (χ0) is 15.9. The third-order valence-corrected chi connectivity index (χ3v) is 5.37. The third-order valence-electron chi connectivity index (χ3n) is 5.37. The van der Waals surface area contributed by atoms with Gasteiger partial charge in [0.1, 0.15) is 0 Å². The van der Waals surface area contributed by atoms with E-state index < -0.39 is 0 Å². The van der Waals surface area contributed by atoms with Crippen LogP contribution in [0.15, 0.2) is 0 Å². The van der Waals surface area contributed by atoms with E-state index in [4.69, 9.17) is 5.73 Å². The highest BCUT2D eigenvalue weighted by Crippen LogP contribution is 2.47. The lowest BCUT2D eigenvalue weighted by atomic mass is 9.84. The number of hydrogen-bond acceptors (Lipinski definition) is 4. The number of unbranched alkanes of at least 4 members (excludes halogenated alkanes) is 4. The van der Waals surface area contributed by atoms with Gasteiger partial charge in [-0.05, 0) is 43.9 Å². The minimum atomic E-state index is -0.130. The molecule has 1 amide bonds. The number of rotatable bonds is 9. The second-order valence-corrected chi connectivity index (χ2v) is 6.82. The molecule has 0 spiro atoms. The van der Waals surface area contributed by atoms with E-state index in [1.807, 2.05) is 0 Å². The lowest BCUT2D eigenvalue weighted by Gasteiger charge is -2.27. The summed E-state index contributed by atoms with van der Waals surface area (Å²) in [5.74, 6) is 1.20. The fourth-order valence-corrected chi connectivity index (χ4v) is 4.08. The summed E-state index contributed by atoms with van der Waals surface area (Å²) in [5.41, 5.74) is 6.19. The number of hydrogen-bond donors (Lipinski definition) is 2. The molecule has 126 valence electrons. The van der Waals surface area contributed by atoms with E-state index in [0.717, 1.165) is 45.1 Å². The molecule has 2 rings (SSSR count). The number of nitrogens with one attached hydrogen (secondary N) is 1. The second kappa shape index (κ2) is 8.51. The van der Waals surface area contributed by atoms with Crippen molar-refractivity contribution < 1.29 is 14.3 Å². The van der Waals surface area contributed by atoms with Crippen LogP contribution < -0.4 is 11.1 Å². The van der Waals surface area contributed by atoms with Crippen LogP contribution in [0.25, 0.3) is 0 Å². The molecule has 2 aliphatic carbocycles. The maximum absolute atomic E-state index is 12.2. The Hall–Kier alpha value is -1.10. The van der Waals surface area contributed by atoms with Crippen LogP contribution in [0, 0.1) is 17.8 Å². The molecule has 2 aliphatic rings. The van der Waals surface area contributed by atoms with Crippen molar-refractivity contribution in [1.82, 2.24) is 5.32 Å². The topological polar surface area (TPSA) is 81.4 Å². The highest BCUT2D eigenvalue weighted by atomic mass is 16.5. The molecule has 0 aromatic heterocycles. The summed E-state index contributed by atoms with van der Waals surface area (Å²) in [7, 11) is 1.42. The van der Waals surface area contributed by atoms with Crippen LogP contribution in [0.5, 0.6) is 0 Å². The first kappa shape index (κ1) is 17.3. The fourth-order valence-electron chi connectivity index (χ4n) is 4.08. The van der Waals surface area contributed by atoms with Crippen molar-refractivity contribution in [2.45, 2.75) is 63.8 Å². The zero-order valence-corrected chi connectivity index (χ0v) is 13.7. The molecule has 0 radical (unpaired) electrons. The minimum absolute atomic E-state index is 0.0545. The van der Waals surface area contributed by atoms with Crippen molar-refractivity contribution >= 4 is 11.9 Å². The molecule has 4 atom stereocenters. The molecule has 2 bridgehead atoms. The molecule has 22 heavy (non-hydrogen) atoms. The van der Waals surface area contributed by atoms with E-state index in [1.54, 1.807) is 0 Å². The lowest BCUT2D eigenvalue weighted by molar-refractivity contribution is -0.140. The third kappa shape index (κ3) is 4.45. The van der Waals surface area contributed by atoms with Gasteiger partial charge >= 0.3 is 5.97 Å². The SMILES string of the molecule is COC(=O)CCCCCCCNC(=O)C1C2CCC(C2)C1N. The van der Waals surface area contributed by atoms with E-state index in [9.17, 15) is 9.59 Å². The van der Waals surface area contributed by atoms with Crippen molar-refractivity contribution in [1.29, 1.82) is 0 Å². The largest absolute Gasteiger partial charge is 0.469 e. The van der Waals surface area contributed by atoms with Gasteiger partial charge < -0.3 is 15.8 Å². The number of esters is 1. The van der Waals surface area contributed by atoms with Crippen molar-refractivity contribution in [2.24, 2.45) is 23.5 Å². The molecular formula is C17H30N2O3. The van der Waals surface area contributed by atoms with E-state index in [-0.39, 0.29) is 23.8 Å². The molecule has 3 N–H and O–H groups in total. The predicted octanol–water partition coefficient (Wildman–Crippen LogP) is 1.99. The number of ether oxygens (including phenoxy) is 1. The summed E-state index contributed by atoms with van der Waals surface area (Å²) < 4.78 is 4.60. The molecule has 0 aliphatic heterocycles. The Bertz CT molecular complexity index is 384. The fraction of sp³-hybridized carbons (Fsp3) is 0.882. The number of nitrogens with two attached hydrogens (primary N) is 1. The van der Waals surface area contributed by atoms with Gasteiger partial charge in [-0.25, -0.2) is 0 Å². The Kier molecular flexibility index (Phi) is 6.68. The Labute approximate surface area is 133 Å². The van der Waals surface area contributed by atoms with Gasteiger partial charge in [0.25, 0.3) is 0 Å². The van der Waals surface area contributed by atoms with Crippen molar-refractivity contribution in [2.75, 3.05) is 13.7 Å². The Morgan fingerprint density at radius 1 is 1.09 bits per heavy atom. The van der Waals surface area contributed by atoms with Gasteiger partial charge in [0, 0.05) is 19.0 Å². The highest BCUT2D eigenvalue weighted by Gasteiger charge is 2.48. The van der Waals surface area contributed by atoms with E-state index in [1.165, 1.54) is 20.0 Å². The first-order chi connectivity index (χ1) is 10.6. The Morgan fingerprint density at radius 2 is 1.77 bits per heavy atom. The first-order valence-electron chi connectivity index (χ1n) is 8.73. The Balaban J connectivity index is 1.49. The molecule has 5 nitrogen and oxygen atoms in total. The second-order valence-electron chi connectivity index (χ2n) is 6.82. The standard InChI is InChI=1S/C17H30N2O3/c1-22-14(20)7-5-3-2-4-6-10-19-17(21)15-12-8-9-13(11-12)16(15)18/h12-13,15-16H,2-11,18H2,1H3,(H,19,21). The van der Waals surface area contributed by atoms with Crippen LogP contribution in [-0.4, -0.2) is 31.6 Å². The lowest BCUT2D eigenvalue weighted by Crippen LogP contribution is -2.45. The maximum atomic E-state index is 12.2. The first-order valence-corrected chi connectivity index (χ1v) is 8.73. The normalized spacial score (nSPS) is 29.5. The average molecular weight is 310 g/mol. The Morgan fingerprint density at radius 3 is 2.45 bits per heavy atom. The molecule has 5 heteroatoms. The van der Waals surface area contributed by atoms with Crippen LogP contribution in [0.2, 0.25) is 0 Å². The van der Waals surface area contributed by atoms with Gasteiger partial charge in [-0.15, -0.1) is 0 Å². The van der Waals surface area contributed by atoms with Crippen molar-refractivity contribution in [3.8, 4) is 0 Å². The maximum Gasteiger partial charge on any atom is 0.305 e. The molecule has 0 heterocycles. The number of methoxy groups -OCH3 is 1. The zero-order valence-electron chi connectivity index (χ0n) is 13.7. The highest BCUT2D eigenvalue weighted by molar-refractivity contribution is 5.80. The van der Waals surface area contributed by atoms with Gasteiger partial charge in [0.15, 0.2) is 0 Å².